The zero-order valence-electron chi connectivity index (χ0n) is 10.9. The number of thiocarbonyl (C=S) groups is 1. The van der Waals surface area contributed by atoms with Crippen LogP contribution in [0.4, 0.5) is 0 Å². The zero-order chi connectivity index (χ0) is 13.3. The van der Waals surface area contributed by atoms with Gasteiger partial charge in [-0.05, 0) is 13.5 Å². The van der Waals surface area contributed by atoms with Crippen LogP contribution in [0, 0.1) is 0 Å². The van der Waals surface area contributed by atoms with Crippen molar-refractivity contribution in [1.29, 1.82) is 0 Å². The minimum atomic E-state index is -0.000611. The van der Waals surface area contributed by atoms with Crippen LogP contribution in [0.2, 0.25) is 0 Å². The first-order chi connectivity index (χ1) is 7.99. The molecule has 1 atom stereocenters. The van der Waals surface area contributed by atoms with Gasteiger partial charge in [-0.1, -0.05) is 19.1 Å². The van der Waals surface area contributed by atoms with E-state index < -0.39 is 0 Å². The van der Waals surface area contributed by atoms with Crippen LogP contribution in [-0.4, -0.2) is 55.2 Å². The highest BCUT2D eigenvalue weighted by molar-refractivity contribution is 7.80. The number of methoxy groups -OCH3 is 1. The number of hydrogen-bond acceptors (Lipinski definition) is 4. The molecule has 0 bridgehead atoms. The third-order valence-electron chi connectivity index (χ3n) is 2.31. The Morgan fingerprint density at radius 1 is 1.59 bits per heavy atom. The van der Waals surface area contributed by atoms with Crippen molar-refractivity contribution >= 4 is 23.1 Å². The SMILES string of the molecule is CCN(CCC(N)=S)CC(=O)NC(C)COC. The summed E-state index contributed by atoms with van der Waals surface area (Å²) in [6, 6.07) is 0.0294. The highest BCUT2D eigenvalue weighted by Crippen LogP contribution is 1.92. The summed E-state index contributed by atoms with van der Waals surface area (Å²) < 4.78 is 4.95. The lowest BCUT2D eigenvalue weighted by molar-refractivity contribution is -0.123. The third kappa shape index (κ3) is 9.02. The smallest absolute Gasteiger partial charge is 0.234 e. The number of nitrogens with zero attached hydrogens (tertiary/aromatic N) is 1. The van der Waals surface area contributed by atoms with Gasteiger partial charge in [0.2, 0.25) is 5.91 Å². The first-order valence-electron chi connectivity index (χ1n) is 5.78. The number of carbonyl (C=O) groups excluding carboxylic acids is 1. The molecular formula is C11H23N3O2S. The van der Waals surface area contributed by atoms with Gasteiger partial charge in [-0.15, -0.1) is 0 Å². The van der Waals surface area contributed by atoms with Crippen molar-refractivity contribution in [2.45, 2.75) is 26.3 Å². The van der Waals surface area contributed by atoms with E-state index in [1.165, 1.54) is 0 Å². The fraction of sp³-hybridized carbons (Fsp3) is 0.818. The summed E-state index contributed by atoms with van der Waals surface area (Å²) >= 11 is 4.81. The normalized spacial score (nSPS) is 12.5. The fourth-order valence-electron chi connectivity index (χ4n) is 1.43. The lowest BCUT2D eigenvalue weighted by atomic mass is 10.3. The average molecular weight is 261 g/mol. The highest BCUT2D eigenvalue weighted by atomic mass is 32.1. The summed E-state index contributed by atoms with van der Waals surface area (Å²) in [7, 11) is 1.61. The molecule has 1 amide bonds. The summed E-state index contributed by atoms with van der Waals surface area (Å²) in [6.07, 6.45) is 0.643. The average Bonchev–Trinajstić information content (AvgIpc) is 2.24. The van der Waals surface area contributed by atoms with Gasteiger partial charge in [0.1, 0.15) is 0 Å². The second-order valence-electron chi connectivity index (χ2n) is 4.01. The Hall–Kier alpha value is -0.720. The quantitative estimate of drug-likeness (QED) is 0.578. The van der Waals surface area contributed by atoms with Crippen molar-refractivity contribution in [3.05, 3.63) is 0 Å². The van der Waals surface area contributed by atoms with Crippen molar-refractivity contribution in [2.75, 3.05) is 33.4 Å². The van der Waals surface area contributed by atoms with Crippen LogP contribution in [-0.2, 0) is 9.53 Å². The molecule has 0 radical (unpaired) electrons. The molecular weight excluding hydrogens is 238 g/mol. The standard InChI is InChI=1S/C11H23N3O2S/c1-4-14(6-5-10(12)17)7-11(15)13-9(2)8-16-3/h9H,4-8H2,1-3H3,(H2,12,17)(H,13,15). The molecule has 0 rings (SSSR count). The van der Waals surface area contributed by atoms with E-state index in [9.17, 15) is 4.79 Å². The number of carbonyl (C=O) groups is 1. The Morgan fingerprint density at radius 3 is 2.71 bits per heavy atom. The van der Waals surface area contributed by atoms with E-state index >= 15 is 0 Å². The van der Waals surface area contributed by atoms with Crippen molar-refractivity contribution in [3.63, 3.8) is 0 Å². The second-order valence-corrected chi connectivity index (χ2v) is 4.53. The summed E-state index contributed by atoms with van der Waals surface area (Å²) in [5, 5.41) is 2.86. The molecule has 0 aromatic rings. The predicted molar refractivity (Wildman–Crippen MR) is 73.0 cm³/mol. The number of nitrogens with two attached hydrogens (primary N) is 1. The Labute approximate surface area is 109 Å². The van der Waals surface area contributed by atoms with Gasteiger partial charge in [-0.3, -0.25) is 9.69 Å². The molecule has 0 aromatic carbocycles. The maximum absolute atomic E-state index is 11.7. The number of rotatable bonds is 9. The summed E-state index contributed by atoms with van der Waals surface area (Å²) in [4.78, 5) is 14.2. The van der Waals surface area contributed by atoms with Crippen molar-refractivity contribution in [2.24, 2.45) is 5.73 Å². The number of amides is 1. The third-order valence-corrected chi connectivity index (χ3v) is 2.52. The van der Waals surface area contributed by atoms with E-state index in [2.05, 4.69) is 5.32 Å². The van der Waals surface area contributed by atoms with E-state index in [-0.39, 0.29) is 11.9 Å². The minimum Gasteiger partial charge on any atom is -0.393 e. The van der Waals surface area contributed by atoms with Crippen LogP contribution in [0.5, 0.6) is 0 Å². The molecule has 0 aliphatic rings. The Balaban J connectivity index is 3.92. The predicted octanol–water partition coefficient (Wildman–Crippen LogP) is 0.136. The molecule has 0 aliphatic heterocycles. The molecule has 6 heteroatoms. The maximum atomic E-state index is 11.7. The van der Waals surface area contributed by atoms with Crippen LogP contribution in [0.1, 0.15) is 20.3 Å². The lowest BCUT2D eigenvalue weighted by Crippen LogP contribution is -2.43. The molecule has 0 fully saturated rings. The van der Waals surface area contributed by atoms with Gasteiger partial charge < -0.3 is 15.8 Å². The second kappa shape index (κ2) is 9.32. The number of likely N-dealkylation sites (N-methyl/N-ethyl adjacent to an activating group) is 1. The molecule has 100 valence electrons. The molecule has 5 nitrogen and oxygen atoms in total. The Kier molecular flexibility index (Phi) is 8.93. The van der Waals surface area contributed by atoms with E-state index in [1.807, 2.05) is 18.7 Å². The van der Waals surface area contributed by atoms with E-state index in [4.69, 9.17) is 22.7 Å². The fourth-order valence-corrected chi connectivity index (χ4v) is 1.52. The van der Waals surface area contributed by atoms with Gasteiger partial charge in [0.15, 0.2) is 0 Å². The first-order valence-corrected chi connectivity index (χ1v) is 6.19. The monoisotopic (exact) mass is 261 g/mol. The zero-order valence-corrected chi connectivity index (χ0v) is 11.7. The summed E-state index contributed by atoms with van der Waals surface area (Å²) in [5.74, 6) is -0.000611. The van der Waals surface area contributed by atoms with Crippen LogP contribution in [0.25, 0.3) is 0 Å². The van der Waals surface area contributed by atoms with E-state index in [0.29, 0.717) is 24.6 Å². The largest absolute Gasteiger partial charge is 0.393 e. The molecule has 1 unspecified atom stereocenters. The molecule has 3 N–H and O–H groups in total. The summed E-state index contributed by atoms with van der Waals surface area (Å²) in [5.41, 5.74) is 5.43. The molecule has 0 saturated heterocycles. The minimum absolute atomic E-state index is 0.000611. The van der Waals surface area contributed by atoms with Crippen molar-refractivity contribution < 1.29 is 9.53 Å². The number of nitrogens with one attached hydrogen (secondary N) is 1. The van der Waals surface area contributed by atoms with Crippen LogP contribution in [0.3, 0.4) is 0 Å². The number of ether oxygens (including phenoxy) is 1. The number of hydrogen-bond donors (Lipinski definition) is 2. The van der Waals surface area contributed by atoms with Gasteiger partial charge in [-0.25, -0.2) is 0 Å². The molecule has 0 spiro atoms. The van der Waals surface area contributed by atoms with Crippen molar-refractivity contribution in [1.82, 2.24) is 10.2 Å². The topological polar surface area (TPSA) is 67.6 Å². The van der Waals surface area contributed by atoms with Crippen LogP contribution >= 0.6 is 12.2 Å². The first kappa shape index (κ1) is 16.3. The lowest BCUT2D eigenvalue weighted by Gasteiger charge is -2.21. The molecule has 0 aliphatic carbocycles. The van der Waals surface area contributed by atoms with Gasteiger partial charge in [-0.2, -0.15) is 0 Å². The summed E-state index contributed by atoms with van der Waals surface area (Å²) in [6.45, 7) is 6.32. The molecule has 0 saturated carbocycles. The maximum Gasteiger partial charge on any atom is 0.234 e. The van der Waals surface area contributed by atoms with E-state index in [1.54, 1.807) is 7.11 Å². The van der Waals surface area contributed by atoms with Gasteiger partial charge >= 0.3 is 0 Å². The Bertz CT molecular complexity index is 249. The van der Waals surface area contributed by atoms with E-state index in [0.717, 1.165) is 13.1 Å². The van der Waals surface area contributed by atoms with Crippen molar-refractivity contribution in [3.8, 4) is 0 Å². The van der Waals surface area contributed by atoms with Gasteiger partial charge in [0.25, 0.3) is 0 Å². The highest BCUT2D eigenvalue weighted by Gasteiger charge is 2.11. The van der Waals surface area contributed by atoms with Crippen LogP contribution < -0.4 is 11.1 Å². The van der Waals surface area contributed by atoms with Gasteiger partial charge in [0, 0.05) is 26.1 Å². The molecule has 0 heterocycles. The molecule has 0 aromatic heterocycles. The molecule has 17 heavy (non-hydrogen) atoms. The Morgan fingerprint density at radius 2 is 2.24 bits per heavy atom. The van der Waals surface area contributed by atoms with Gasteiger partial charge in [0.05, 0.1) is 18.1 Å². The van der Waals surface area contributed by atoms with Crippen LogP contribution in [0.15, 0.2) is 0 Å².